The van der Waals surface area contributed by atoms with Crippen LogP contribution < -0.4 is 37.2 Å². The Kier molecular flexibility index (Phi) is 18.8. The van der Waals surface area contributed by atoms with E-state index in [2.05, 4.69) is 31.9 Å². The Morgan fingerprint density at radius 1 is 0.655 bits per heavy atom. The molecule has 7 amide bonds. The molecule has 312 valence electrons. The Hall–Kier alpha value is -4.48. The maximum Gasteiger partial charge on any atom is 0.328 e. The van der Waals surface area contributed by atoms with Gasteiger partial charge in [0, 0.05) is 6.54 Å². The average molecular weight is 789 g/mol. The number of carbonyl (C=O) groups is 8. The first-order valence-electron chi connectivity index (χ1n) is 18.2. The third-order valence-electron chi connectivity index (χ3n) is 9.55. The van der Waals surface area contributed by atoms with Gasteiger partial charge in [0.2, 0.25) is 41.4 Å². The summed E-state index contributed by atoms with van der Waals surface area (Å²) < 4.78 is 0. The van der Waals surface area contributed by atoms with Gasteiger partial charge in [0.15, 0.2) is 6.04 Å². The van der Waals surface area contributed by atoms with Crippen LogP contribution in [0.5, 0.6) is 0 Å². The van der Waals surface area contributed by atoms with Gasteiger partial charge in [-0.05, 0) is 52.0 Å². The highest BCUT2D eigenvalue weighted by Crippen LogP contribution is 2.20. The molecule has 0 aromatic rings. The molecule has 2 heterocycles. The van der Waals surface area contributed by atoms with E-state index in [1.165, 1.54) is 6.92 Å². The number of aliphatic carboxylic acids is 1. The summed E-state index contributed by atoms with van der Waals surface area (Å²) in [6.07, 6.45) is -0.882. The zero-order valence-electron chi connectivity index (χ0n) is 31.3. The van der Waals surface area contributed by atoms with Crippen molar-refractivity contribution in [2.75, 3.05) is 32.9 Å². The van der Waals surface area contributed by atoms with Gasteiger partial charge >= 0.3 is 5.97 Å². The molecule has 0 spiro atoms. The zero-order valence-corrected chi connectivity index (χ0v) is 31.3. The van der Waals surface area contributed by atoms with Crippen molar-refractivity contribution in [3.05, 3.63) is 0 Å². The summed E-state index contributed by atoms with van der Waals surface area (Å²) in [4.78, 5) is 104. The molecule has 2 saturated heterocycles. The maximum absolute atomic E-state index is 13.6. The first-order valence-corrected chi connectivity index (χ1v) is 18.2. The van der Waals surface area contributed by atoms with E-state index < -0.39 is 134 Å². The predicted octanol–water partition coefficient (Wildman–Crippen LogP) is -6.49. The summed E-state index contributed by atoms with van der Waals surface area (Å²) in [7, 11) is 0. The van der Waals surface area contributed by atoms with Crippen molar-refractivity contribution < 1.29 is 69.0 Å². The largest absolute Gasteiger partial charge is 0.480 e. The molecule has 2 fully saturated rings. The highest BCUT2D eigenvalue weighted by atomic mass is 16.4. The van der Waals surface area contributed by atoms with Crippen molar-refractivity contribution in [2.45, 2.75) is 120 Å². The Labute approximate surface area is 317 Å². The van der Waals surface area contributed by atoms with E-state index in [4.69, 9.17) is 0 Å². The highest BCUT2D eigenvalue weighted by Gasteiger charge is 2.41. The van der Waals surface area contributed by atoms with Gasteiger partial charge in [-0.3, -0.25) is 33.6 Å². The lowest BCUT2D eigenvalue weighted by Gasteiger charge is -2.31. The van der Waals surface area contributed by atoms with Crippen LogP contribution in [-0.4, -0.2) is 176 Å². The van der Waals surface area contributed by atoms with E-state index in [0.717, 1.165) is 18.2 Å². The van der Waals surface area contributed by atoms with Crippen LogP contribution in [0.4, 0.5) is 0 Å². The molecule has 0 radical (unpaired) electrons. The number of carboxylic acid groups (broad SMARTS) is 1. The molecule has 0 bridgehead atoms. The van der Waals surface area contributed by atoms with Crippen LogP contribution >= 0.6 is 0 Å². The van der Waals surface area contributed by atoms with Gasteiger partial charge in [0.25, 0.3) is 0 Å². The third-order valence-corrected chi connectivity index (χ3v) is 9.55. The lowest BCUT2D eigenvalue weighted by Crippen LogP contribution is -2.62. The Morgan fingerprint density at radius 2 is 1.16 bits per heavy atom. The topological polar surface area (TPSA) is 345 Å². The number of nitrogens with zero attached hydrogens (tertiary/aromatic N) is 1. The number of likely N-dealkylation sites (tertiary alicyclic amines) is 1. The van der Waals surface area contributed by atoms with Crippen molar-refractivity contribution in [3.8, 4) is 0 Å². The van der Waals surface area contributed by atoms with Gasteiger partial charge in [-0.15, -0.1) is 0 Å². The fraction of sp³-hybridized carbons (Fsp3) is 0.758. The summed E-state index contributed by atoms with van der Waals surface area (Å²) in [6.45, 7) is 3.41. The van der Waals surface area contributed by atoms with Crippen LogP contribution in [0, 0.1) is 5.92 Å². The third kappa shape index (κ3) is 13.1. The number of rotatable bonds is 21. The van der Waals surface area contributed by atoms with Crippen molar-refractivity contribution in [1.29, 1.82) is 0 Å². The van der Waals surface area contributed by atoms with Crippen molar-refractivity contribution in [2.24, 2.45) is 5.92 Å². The number of hydrogen-bond donors (Lipinski definition) is 13. The van der Waals surface area contributed by atoms with Gasteiger partial charge in [-0.2, -0.15) is 0 Å². The van der Waals surface area contributed by atoms with E-state index in [1.807, 2.05) is 5.32 Å². The average Bonchev–Trinajstić information content (AvgIpc) is 3.87. The molecule has 0 aliphatic carbocycles. The number of hydrogen-bond acceptors (Lipinski definition) is 14. The van der Waals surface area contributed by atoms with Gasteiger partial charge in [-0.25, -0.2) is 4.79 Å². The van der Waals surface area contributed by atoms with E-state index in [1.54, 1.807) is 13.8 Å². The fourth-order valence-corrected chi connectivity index (χ4v) is 6.03. The molecule has 13 N–H and O–H groups in total. The van der Waals surface area contributed by atoms with Gasteiger partial charge < -0.3 is 72.8 Å². The van der Waals surface area contributed by atoms with E-state index >= 15 is 0 Å². The summed E-state index contributed by atoms with van der Waals surface area (Å²) in [5, 5.41) is 75.5. The summed E-state index contributed by atoms with van der Waals surface area (Å²) in [6, 6.07) is -11.3. The first kappa shape index (κ1) is 46.7. The van der Waals surface area contributed by atoms with Crippen LogP contribution in [0.3, 0.4) is 0 Å². The second kappa shape index (κ2) is 22.2. The number of nitrogens with one attached hydrogen (secondary N) is 7. The standard InChI is InChI=1S/C33H56N8O14/c1-5-15(2)23(30(51)35-20(13-43)28(49)40-25(17(4)46)33(54)55)38-29(50)22-9-7-11-41(22)32(53)21(14-44)37-27(48)19(12-42)36-31(52)24(16(3)45)39-26(47)18-8-6-10-34-18/h15-25,34,42-46H,5-14H2,1-4H3,(H,35,51)(H,36,52)(H,37,48)(H,38,50)(H,39,47)(H,40,49)(H,54,55)/t15-,16+,17+,18-,19-,20-,21-,22-,23-,24-,25-/m0/s1. The Bertz CT molecular complexity index is 1380. The van der Waals surface area contributed by atoms with Crippen LogP contribution in [0.2, 0.25) is 0 Å². The van der Waals surface area contributed by atoms with E-state index in [9.17, 15) is 69.0 Å². The minimum absolute atomic E-state index is 0.00997. The van der Waals surface area contributed by atoms with Crippen LogP contribution in [0.25, 0.3) is 0 Å². The normalized spacial score (nSPS) is 21.7. The smallest absolute Gasteiger partial charge is 0.328 e. The minimum atomic E-state index is -1.74. The number of carbonyl (C=O) groups excluding carboxylic acids is 7. The second-order valence-electron chi connectivity index (χ2n) is 13.7. The molecule has 22 heteroatoms. The molecule has 11 atom stereocenters. The second-order valence-corrected chi connectivity index (χ2v) is 13.7. The summed E-state index contributed by atoms with van der Waals surface area (Å²) in [5.41, 5.74) is 0. The molecular weight excluding hydrogens is 732 g/mol. The molecule has 0 aromatic carbocycles. The Balaban J connectivity index is 2.13. The SMILES string of the molecule is CC[C@H](C)[C@H](NC(=O)[C@@H]1CCCN1C(=O)[C@H](CO)NC(=O)[C@H](CO)NC(=O)[C@@H](NC(=O)[C@@H]1CCCN1)[C@@H](C)O)C(=O)N[C@@H](CO)C(=O)N[C@H](C(=O)O)[C@@H](C)O. The van der Waals surface area contributed by atoms with Crippen molar-refractivity contribution in [3.63, 3.8) is 0 Å². The molecule has 0 saturated carbocycles. The number of aliphatic hydroxyl groups is 5. The fourth-order valence-electron chi connectivity index (χ4n) is 6.03. The zero-order chi connectivity index (χ0) is 41.6. The molecule has 0 aromatic heterocycles. The van der Waals surface area contributed by atoms with Crippen LogP contribution in [0.15, 0.2) is 0 Å². The molecular formula is C33H56N8O14. The van der Waals surface area contributed by atoms with E-state index in [-0.39, 0.29) is 13.0 Å². The Morgan fingerprint density at radius 3 is 1.64 bits per heavy atom. The number of amides is 7. The molecule has 2 aliphatic rings. The molecule has 2 rings (SSSR count). The van der Waals surface area contributed by atoms with E-state index in [0.29, 0.717) is 25.8 Å². The van der Waals surface area contributed by atoms with Gasteiger partial charge in [0.1, 0.15) is 36.3 Å². The van der Waals surface area contributed by atoms with Crippen molar-refractivity contribution in [1.82, 2.24) is 42.1 Å². The quantitative estimate of drug-likeness (QED) is 0.0514. The molecule has 2 aliphatic heterocycles. The molecule has 0 unspecified atom stereocenters. The monoisotopic (exact) mass is 788 g/mol. The molecule has 55 heavy (non-hydrogen) atoms. The highest BCUT2D eigenvalue weighted by molar-refractivity contribution is 5.98. The maximum atomic E-state index is 13.6. The first-order chi connectivity index (χ1) is 25.9. The lowest BCUT2D eigenvalue weighted by molar-refractivity contribution is -0.145. The van der Waals surface area contributed by atoms with Crippen LogP contribution in [0.1, 0.15) is 59.8 Å². The number of aliphatic hydroxyl groups excluding tert-OH is 5. The predicted molar refractivity (Wildman–Crippen MR) is 189 cm³/mol. The number of carboxylic acids is 1. The van der Waals surface area contributed by atoms with Crippen molar-refractivity contribution >= 4 is 47.3 Å². The minimum Gasteiger partial charge on any atom is -0.480 e. The molecule has 22 nitrogen and oxygen atoms in total. The lowest BCUT2D eigenvalue weighted by atomic mass is 9.97. The van der Waals surface area contributed by atoms with Crippen LogP contribution in [-0.2, 0) is 38.4 Å². The summed E-state index contributed by atoms with van der Waals surface area (Å²) in [5.74, 6) is -8.49. The van der Waals surface area contributed by atoms with Gasteiger partial charge in [0.05, 0.1) is 38.1 Å². The van der Waals surface area contributed by atoms with Gasteiger partial charge in [-0.1, -0.05) is 20.3 Å². The summed E-state index contributed by atoms with van der Waals surface area (Å²) >= 11 is 0.